The van der Waals surface area contributed by atoms with Crippen molar-refractivity contribution < 1.29 is 19.1 Å². The summed E-state index contributed by atoms with van der Waals surface area (Å²) in [6, 6.07) is -0.689. The number of ketones is 1. The molecule has 0 saturated carbocycles. The van der Waals surface area contributed by atoms with E-state index in [1.807, 2.05) is 41.5 Å². The van der Waals surface area contributed by atoms with Crippen molar-refractivity contribution in [2.24, 2.45) is 10.8 Å². The normalized spacial score (nSPS) is 23.7. The minimum absolute atomic E-state index is 0.000323. The van der Waals surface area contributed by atoms with Crippen LogP contribution >= 0.6 is 0 Å². The van der Waals surface area contributed by atoms with Gasteiger partial charge in [-0.2, -0.15) is 0 Å². The summed E-state index contributed by atoms with van der Waals surface area (Å²) < 4.78 is 5.64. The minimum Gasteiger partial charge on any atom is -0.449 e. The average molecular weight is 333 g/mol. The molecule has 1 fully saturated rings. The van der Waals surface area contributed by atoms with Crippen molar-refractivity contribution >= 4 is 17.7 Å². The zero-order valence-corrected chi connectivity index (χ0v) is 15.6. The van der Waals surface area contributed by atoms with Gasteiger partial charge in [0.1, 0.15) is 6.04 Å². The van der Waals surface area contributed by atoms with Crippen molar-refractivity contribution in [3.63, 3.8) is 0 Å². The molecule has 132 valence electrons. The lowest BCUT2D eigenvalue weighted by molar-refractivity contribution is -0.145. The maximum Gasteiger partial charge on any atom is 0.330 e. The molecule has 5 heteroatoms. The summed E-state index contributed by atoms with van der Waals surface area (Å²) in [7, 11) is 0. The van der Waals surface area contributed by atoms with Crippen LogP contribution in [0.15, 0.2) is 23.3 Å². The van der Waals surface area contributed by atoms with Gasteiger partial charge in [0.25, 0.3) is 0 Å². The lowest BCUT2D eigenvalue weighted by Crippen LogP contribution is -2.38. The molecule has 1 atom stereocenters. The van der Waals surface area contributed by atoms with Gasteiger partial charge in [0.15, 0.2) is 11.4 Å². The number of rotatable bonds is 1. The van der Waals surface area contributed by atoms with E-state index >= 15 is 0 Å². The monoisotopic (exact) mass is 333 g/mol. The highest BCUT2D eigenvalue weighted by molar-refractivity contribution is 6.11. The third kappa shape index (κ3) is 3.45. The SMILES string of the molecule is CC(=O)NC1CC2(C=C(C(C)(C)C)C(=O)C(C(C)(C)C)=C2)OC1=O. The lowest BCUT2D eigenvalue weighted by Gasteiger charge is -2.36. The topological polar surface area (TPSA) is 72.5 Å². The molecular weight excluding hydrogens is 306 g/mol. The van der Waals surface area contributed by atoms with E-state index in [0.717, 1.165) is 0 Å². The molecule has 1 aliphatic heterocycles. The van der Waals surface area contributed by atoms with Crippen LogP contribution < -0.4 is 5.32 Å². The second-order valence-electron chi connectivity index (χ2n) is 8.78. The number of amides is 1. The van der Waals surface area contributed by atoms with Crippen LogP contribution in [0, 0.1) is 10.8 Å². The Hall–Kier alpha value is -1.91. The number of Topliss-reactive ketones (excluding diaryl/α,β-unsaturated/α-hetero) is 1. The number of hydrogen-bond acceptors (Lipinski definition) is 4. The number of carbonyl (C=O) groups is 3. The quantitative estimate of drug-likeness (QED) is 0.749. The Bertz CT molecular complexity index is 622. The molecule has 0 aromatic carbocycles. The lowest BCUT2D eigenvalue weighted by atomic mass is 9.69. The van der Waals surface area contributed by atoms with Gasteiger partial charge in [-0.25, -0.2) is 4.79 Å². The van der Waals surface area contributed by atoms with Gasteiger partial charge in [-0.15, -0.1) is 0 Å². The van der Waals surface area contributed by atoms with Crippen LogP contribution in [0.25, 0.3) is 0 Å². The molecule has 1 N–H and O–H groups in total. The Balaban J connectivity index is 2.53. The molecule has 5 nitrogen and oxygen atoms in total. The standard InChI is InChI=1S/C19H27NO4/c1-11(21)20-14-10-19(24-16(14)23)8-12(17(2,3)4)15(22)13(9-19)18(5,6)7/h8-9,14H,10H2,1-7H3,(H,20,21). The Morgan fingerprint density at radius 2 is 1.54 bits per heavy atom. The van der Waals surface area contributed by atoms with Crippen molar-refractivity contribution in [2.75, 3.05) is 0 Å². The van der Waals surface area contributed by atoms with E-state index in [4.69, 9.17) is 4.74 Å². The zero-order chi connectivity index (χ0) is 18.5. The van der Waals surface area contributed by atoms with Crippen LogP contribution in [-0.4, -0.2) is 29.3 Å². The van der Waals surface area contributed by atoms with Crippen molar-refractivity contribution in [3.05, 3.63) is 23.3 Å². The number of carbonyl (C=O) groups excluding carboxylic acids is 3. The van der Waals surface area contributed by atoms with Gasteiger partial charge in [-0.3, -0.25) is 9.59 Å². The minimum atomic E-state index is -0.969. The van der Waals surface area contributed by atoms with Crippen molar-refractivity contribution in [2.45, 2.75) is 66.5 Å². The largest absolute Gasteiger partial charge is 0.449 e. The van der Waals surface area contributed by atoms with Crippen LogP contribution in [0.2, 0.25) is 0 Å². The van der Waals surface area contributed by atoms with Crippen LogP contribution in [0.4, 0.5) is 0 Å². The van der Waals surface area contributed by atoms with Crippen molar-refractivity contribution in [1.29, 1.82) is 0 Å². The summed E-state index contributed by atoms with van der Waals surface area (Å²) in [6.45, 7) is 13.2. The van der Waals surface area contributed by atoms with Crippen LogP contribution in [0.1, 0.15) is 54.9 Å². The number of nitrogens with one attached hydrogen (secondary N) is 1. The highest BCUT2D eigenvalue weighted by Gasteiger charge is 2.49. The van der Waals surface area contributed by atoms with E-state index in [0.29, 0.717) is 17.6 Å². The van der Waals surface area contributed by atoms with E-state index in [2.05, 4.69) is 5.32 Å². The van der Waals surface area contributed by atoms with E-state index in [1.54, 1.807) is 12.2 Å². The van der Waals surface area contributed by atoms with E-state index in [1.165, 1.54) is 6.92 Å². The fourth-order valence-electron chi connectivity index (χ4n) is 3.16. The van der Waals surface area contributed by atoms with Crippen molar-refractivity contribution in [1.82, 2.24) is 5.32 Å². The highest BCUT2D eigenvalue weighted by Crippen LogP contribution is 2.44. The van der Waals surface area contributed by atoms with E-state index in [9.17, 15) is 14.4 Å². The summed E-state index contributed by atoms with van der Waals surface area (Å²) in [5.74, 6) is -0.742. The maximum absolute atomic E-state index is 13.0. The van der Waals surface area contributed by atoms with Crippen molar-refractivity contribution in [3.8, 4) is 0 Å². The number of allylic oxidation sites excluding steroid dienone is 2. The van der Waals surface area contributed by atoms with Gasteiger partial charge >= 0.3 is 5.97 Å². The molecule has 2 aliphatic rings. The average Bonchev–Trinajstić information content (AvgIpc) is 2.65. The van der Waals surface area contributed by atoms with E-state index < -0.39 is 17.6 Å². The molecule has 0 radical (unpaired) electrons. The third-order valence-electron chi connectivity index (χ3n) is 4.36. The Labute approximate surface area is 143 Å². The number of esters is 1. The molecule has 1 unspecified atom stereocenters. The summed E-state index contributed by atoms with van der Waals surface area (Å²) in [5, 5.41) is 2.62. The van der Waals surface area contributed by atoms with Crippen LogP contribution in [0.3, 0.4) is 0 Å². The number of ether oxygens (including phenoxy) is 1. The van der Waals surface area contributed by atoms with Crippen LogP contribution in [-0.2, 0) is 19.1 Å². The first-order chi connectivity index (χ1) is 10.8. The van der Waals surface area contributed by atoms with Crippen LogP contribution in [0.5, 0.6) is 0 Å². The molecule has 1 saturated heterocycles. The van der Waals surface area contributed by atoms with Gasteiger partial charge in [0, 0.05) is 24.5 Å². The van der Waals surface area contributed by atoms with Gasteiger partial charge in [-0.1, -0.05) is 41.5 Å². The predicted octanol–water partition coefficient (Wildman–Crippen LogP) is 2.70. The zero-order valence-electron chi connectivity index (χ0n) is 15.6. The first kappa shape index (κ1) is 18.4. The van der Waals surface area contributed by atoms with Gasteiger partial charge in [0.2, 0.25) is 5.91 Å². The highest BCUT2D eigenvalue weighted by atomic mass is 16.6. The molecule has 1 spiro atoms. The Morgan fingerprint density at radius 3 is 1.92 bits per heavy atom. The summed E-state index contributed by atoms with van der Waals surface area (Å²) in [5.41, 5.74) is -0.415. The first-order valence-electron chi connectivity index (χ1n) is 8.26. The smallest absolute Gasteiger partial charge is 0.330 e. The summed E-state index contributed by atoms with van der Waals surface area (Å²) >= 11 is 0. The van der Waals surface area contributed by atoms with Gasteiger partial charge < -0.3 is 10.1 Å². The fourth-order valence-corrected chi connectivity index (χ4v) is 3.16. The molecule has 1 amide bonds. The van der Waals surface area contributed by atoms with Gasteiger partial charge in [0.05, 0.1) is 0 Å². The third-order valence-corrected chi connectivity index (χ3v) is 4.36. The molecule has 24 heavy (non-hydrogen) atoms. The van der Waals surface area contributed by atoms with E-state index in [-0.39, 0.29) is 22.5 Å². The summed E-state index contributed by atoms with van der Waals surface area (Å²) in [6.07, 6.45) is 3.84. The maximum atomic E-state index is 13.0. The Kier molecular flexibility index (Phi) is 4.28. The molecule has 0 aromatic rings. The van der Waals surface area contributed by atoms with Gasteiger partial charge in [-0.05, 0) is 23.0 Å². The number of hydrogen-bond donors (Lipinski definition) is 1. The summed E-state index contributed by atoms with van der Waals surface area (Å²) in [4.78, 5) is 36.5. The second-order valence-corrected chi connectivity index (χ2v) is 8.78. The molecule has 0 bridgehead atoms. The molecular formula is C19H27NO4. The molecule has 1 aliphatic carbocycles. The predicted molar refractivity (Wildman–Crippen MR) is 91.1 cm³/mol. The fraction of sp³-hybridized carbons (Fsp3) is 0.632. The molecule has 2 rings (SSSR count). The second kappa shape index (κ2) is 5.57. The first-order valence-corrected chi connectivity index (χ1v) is 8.26. The Morgan fingerprint density at radius 1 is 1.08 bits per heavy atom. The molecule has 0 aromatic heterocycles. The molecule has 1 heterocycles.